The first-order chi connectivity index (χ1) is 16.3. The second-order valence-electron chi connectivity index (χ2n) is 9.57. The van der Waals surface area contributed by atoms with Crippen LogP contribution in [0, 0.1) is 5.92 Å². The van der Waals surface area contributed by atoms with Gasteiger partial charge in [-0.15, -0.1) is 0 Å². The van der Waals surface area contributed by atoms with E-state index in [-0.39, 0.29) is 29.0 Å². The third-order valence-corrected chi connectivity index (χ3v) is 9.35. The summed E-state index contributed by atoms with van der Waals surface area (Å²) in [5, 5.41) is -0.809. The van der Waals surface area contributed by atoms with Crippen molar-refractivity contribution in [3.05, 3.63) is 54.1 Å². The number of hydrogen-bond acceptors (Lipinski definition) is 5. The Hall–Kier alpha value is -2.87. The van der Waals surface area contributed by atoms with E-state index in [4.69, 9.17) is 0 Å². The first-order valence-electron chi connectivity index (χ1n) is 12.1. The quantitative estimate of drug-likeness (QED) is 0.634. The maximum atomic E-state index is 13.3. The van der Waals surface area contributed by atoms with Gasteiger partial charge >= 0.3 is 0 Å². The molecule has 5 rings (SSSR count). The summed E-state index contributed by atoms with van der Waals surface area (Å²) >= 11 is 0. The van der Waals surface area contributed by atoms with Crippen LogP contribution >= 0.6 is 0 Å². The number of carbonyl (C=O) groups excluding carboxylic acids is 2. The Morgan fingerprint density at radius 2 is 1.68 bits per heavy atom. The van der Waals surface area contributed by atoms with Gasteiger partial charge in [0.05, 0.1) is 10.1 Å². The molecule has 34 heavy (non-hydrogen) atoms. The highest BCUT2D eigenvalue weighted by Crippen LogP contribution is 2.37. The minimum Gasteiger partial charge on any atom is -0.368 e. The van der Waals surface area contributed by atoms with Crippen LogP contribution in [0.1, 0.15) is 31.7 Å². The number of carbonyl (C=O) groups is 2. The predicted octanol–water partition coefficient (Wildman–Crippen LogP) is 2.89. The molecule has 1 saturated heterocycles. The van der Waals surface area contributed by atoms with Crippen molar-refractivity contribution in [1.82, 2.24) is 4.90 Å². The zero-order valence-corrected chi connectivity index (χ0v) is 20.3. The normalized spacial score (nSPS) is 19.1. The van der Waals surface area contributed by atoms with Crippen molar-refractivity contribution in [2.75, 3.05) is 42.5 Å². The highest BCUT2D eigenvalue weighted by atomic mass is 32.2. The van der Waals surface area contributed by atoms with Gasteiger partial charge in [-0.2, -0.15) is 0 Å². The van der Waals surface area contributed by atoms with E-state index in [0.717, 1.165) is 42.9 Å². The van der Waals surface area contributed by atoms with Gasteiger partial charge in [-0.1, -0.05) is 18.2 Å². The molecule has 0 spiro atoms. The summed E-state index contributed by atoms with van der Waals surface area (Å²) in [5.74, 6) is 0.168. The summed E-state index contributed by atoms with van der Waals surface area (Å²) in [6, 6.07) is 15.1. The number of para-hydroxylation sites is 1. The summed E-state index contributed by atoms with van der Waals surface area (Å²) < 4.78 is 26.5. The molecule has 2 aromatic carbocycles. The lowest BCUT2D eigenvalue weighted by molar-refractivity contribution is -0.131. The number of nitrogens with zero attached hydrogens (tertiary/aromatic N) is 3. The molecule has 0 bridgehead atoms. The molecular formula is C26H31N3O4S. The molecule has 0 radical (unpaired) electrons. The van der Waals surface area contributed by atoms with Crippen LogP contribution in [0.4, 0.5) is 11.4 Å². The number of rotatable bonds is 6. The average Bonchev–Trinajstić information content (AvgIpc) is 3.63. The lowest BCUT2D eigenvalue weighted by atomic mass is 10.2. The Bertz CT molecular complexity index is 1190. The molecule has 2 amide bonds. The van der Waals surface area contributed by atoms with Crippen LogP contribution in [-0.4, -0.2) is 63.1 Å². The largest absolute Gasteiger partial charge is 0.368 e. The van der Waals surface area contributed by atoms with E-state index in [1.165, 1.54) is 0 Å². The van der Waals surface area contributed by atoms with Crippen LogP contribution in [0.25, 0.3) is 0 Å². The Morgan fingerprint density at radius 1 is 0.971 bits per heavy atom. The van der Waals surface area contributed by atoms with E-state index in [2.05, 4.69) is 17.0 Å². The van der Waals surface area contributed by atoms with Gasteiger partial charge in [0, 0.05) is 56.4 Å². The maximum absolute atomic E-state index is 13.3. The molecule has 2 heterocycles. The predicted molar refractivity (Wildman–Crippen MR) is 132 cm³/mol. The molecule has 3 aliphatic rings. The van der Waals surface area contributed by atoms with Crippen LogP contribution in [0.15, 0.2) is 53.4 Å². The molecule has 0 aromatic heterocycles. The van der Waals surface area contributed by atoms with Gasteiger partial charge in [-0.05, 0) is 62.1 Å². The van der Waals surface area contributed by atoms with Crippen LogP contribution in [0.5, 0.6) is 0 Å². The molecule has 2 aromatic rings. The third kappa shape index (κ3) is 4.43. The molecule has 7 nitrogen and oxygen atoms in total. The Kier molecular flexibility index (Phi) is 6.10. The van der Waals surface area contributed by atoms with E-state index in [1.807, 2.05) is 18.2 Å². The fourth-order valence-electron chi connectivity index (χ4n) is 4.90. The molecule has 2 aliphatic heterocycles. The van der Waals surface area contributed by atoms with Crippen LogP contribution in [0.2, 0.25) is 0 Å². The molecule has 2 fully saturated rings. The number of amides is 2. The van der Waals surface area contributed by atoms with Crippen molar-refractivity contribution in [2.45, 2.75) is 42.8 Å². The zero-order chi connectivity index (χ0) is 23.9. The van der Waals surface area contributed by atoms with Crippen molar-refractivity contribution in [3.63, 3.8) is 0 Å². The van der Waals surface area contributed by atoms with Gasteiger partial charge in [0.15, 0.2) is 9.84 Å². The Morgan fingerprint density at radius 3 is 2.35 bits per heavy atom. The molecular weight excluding hydrogens is 450 g/mol. The SMILES string of the molecule is C[C@@H](CC(=O)N1CCN(c2ccccc2)CC1)S(=O)(=O)c1ccc2c(c1)CCN2C(=O)C1CC1. The highest BCUT2D eigenvalue weighted by Gasteiger charge is 2.37. The van der Waals surface area contributed by atoms with E-state index in [0.29, 0.717) is 26.1 Å². The fourth-order valence-corrected chi connectivity index (χ4v) is 6.30. The molecule has 0 unspecified atom stereocenters. The zero-order valence-electron chi connectivity index (χ0n) is 19.5. The van der Waals surface area contributed by atoms with Crippen molar-refractivity contribution in [3.8, 4) is 0 Å². The molecule has 180 valence electrons. The van der Waals surface area contributed by atoms with Gasteiger partial charge in [0.2, 0.25) is 11.8 Å². The Balaban J connectivity index is 1.21. The molecule has 0 N–H and O–H groups in total. The molecule has 1 saturated carbocycles. The minimum atomic E-state index is -3.65. The van der Waals surface area contributed by atoms with Crippen molar-refractivity contribution >= 4 is 33.0 Å². The number of piperazine rings is 1. The van der Waals surface area contributed by atoms with Gasteiger partial charge in [-0.25, -0.2) is 8.42 Å². The molecule has 8 heteroatoms. The first-order valence-corrected chi connectivity index (χ1v) is 13.6. The van der Waals surface area contributed by atoms with Crippen molar-refractivity contribution in [1.29, 1.82) is 0 Å². The van der Waals surface area contributed by atoms with E-state index < -0.39 is 15.1 Å². The highest BCUT2D eigenvalue weighted by molar-refractivity contribution is 7.92. The van der Waals surface area contributed by atoms with Crippen molar-refractivity contribution in [2.24, 2.45) is 5.92 Å². The number of benzene rings is 2. The van der Waals surface area contributed by atoms with Gasteiger partial charge in [-0.3, -0.25) is 9.59 Å². The second kappa shape index (κ2) is 9.06. The molecule has 1 atom stereocenters. The molecule has 1 aliphatic carbocycles. The lowest BCUT2D eigenvalue weighted by Gasteiger charge is -2.36. The van der Waals surface area contributed by atoms with E-state index in [1.54, 1.807) is 34.9 Å². The third-order valence-electron chi connectivity index (χ3n) is 7.21. The van der Waals surface area contributed by atoms with Crippen LogP contribution in [-0.2, 0) is 25.8 Å². The van der Waals surface area contributed by atoms with Crippen LogP contribution < -0.4 is 9.80 Å². The van der Waals surface area contributed by atoms with E-state index in [9.17, 15) is 18.0 Å². The minimum absolute atomic E-state index is 0.0307. The maximum Gasteiger partial charge on any atom is 0.230 e. The topological polar surface area (TPSA) is 78.0 Å². The van der Waals surface area contributed by atoms with Gasteiger partial charge in [0.1, 0.15) is 0 Å². The van der Waals surface area contributed by atoms with Crippen molar-refractivity contribution < 1.29 is 18.0 Å². The number of sulfone groups is 1. The summed E-state index contributed by atoms with van der Waals surface area (Å²) in [6.07, 6.45) is 2.53. The van der Waals surface area contributed by atoms with Crippen LogP contribution in [0.3, 0.4) is 0 Å². The fraction of sp³-hybridized carbons (Fsp3) is 0.462. The summed E-state index contributed by atoms with van der Waals surface area (Å²) in [7, 11) is -3.65. The van der Waals surface area contributed by atoms with E-state index >= 15 is 0 Å². The summed E-state index contributed by atoms with van der Waals surface area (Å²) in [6.45, 7) is 4.87. The second-order valence-corrected chi connectivity index (χ2v) is 11.9. The first kappa shape index (κ1) is 22.9. The summed E-state index contributed by atoms with van der Waals surface area (Å²) in [5.41, 5.74) is 2.86. The number of fused-ring (bicyclic) bond motifs is 1. The average molecular weight is 482 g/mol. The number of anilines is 2. The van der Waals surface area contributed by atoms with Gasteiger partial charge < -0.3 is 14.7 Å². The van der Waals surface area contributed by atoms with Gasteiger partial charge in [0.25, 0.3) is 0 Å². The standard InChI is InChI=1S/C26H31N3O4S/c1-19(17-25(30)28-15-13-27(14-16-28)22-5-3-2-4-6-22)34(32,33)23-9-10-24-21(18-23)11-12-29(24)26(31)20-7-8-20/h2-6,9-10,18-20H,7-8,11-17H2,1H3/t19-/m0/s1. The number of hydrogen-bond donors (Lipinski definition) is 0. The summed E-state index contributed by atoms with van der Waals surface area (Å²) in [4.78, 5) is 31.4. The monoisotopic (exact) mass is 481 g/mol. The smallest absolute Gasteiger partial charge is 0.230 e. The lowest BCUT2D eigenvalue weighted by Crippen LogP contribution is -2.49. The Labute approximate surface area is 201 Å².